The fourth-order valence-electron chi connectivity index (χ4n) is 2.88. The van der Waals surface area contributed by atoms with Crippen LogP contribution in [0.1, 0.15) is 13.8 Å². The molecule has 10 heteroatoms. The van der Waals surface area contributed by atoms with Crippen LogP contribution in [0.25, 0.3) is 0 Å². The molecule has 0 bridgehead atoms. The molecule has 3 N–H and O–H groups in total. The zero-order valence-corrected chi connectivity index (χ0v) is 14.3. The molecule has 0 amide bonds. The van der Waals surface area contributed by atoms with Crippen LogP contribution < -0.4 is 16.0 Å². The summed E-state index contributed by atoms with van der Waals surface area (Å²) < 4.78 is 18.8. The van der Waals surface area contributed by atoms with E-state index in [9.17, 15) is 14.5 Å². The van der Waals surface area contributed by atoms with Gasteiger partial charge < -0.3 is 20.7 Å². The number of hydrogen-bond acceptors (Lipinski definition) is 8. The standard InChI is InChI=1S/C16H19FN6O3/c1-9-7-22(8-10(2)26-9)16-20-14(18)13(23(24)25)15(21-16)19-12-5-3-11(17)4-6-12/h3-6,9-10H,7-8H2,1-2H3,(H3,18,19,20,21)/t9-,10-/m1/s1. The minimum absolute atomic E-state index is 0.0349. The number of hydrogen-bond donors (Lipinski definition) is 2. The van der Waals surface area contributed by atoms with Crippen molar-refractivity contribution >= 4 is 29.0 Å². The zero-order chi connectivity index (χ0) is 18.8. The lowest BCUT2D eigenvalue weighted by molar-refractivity contribution is -0.383. The SMILES string of the molecule is C[C@@H]1CN(c2nc(N)c([N+](=O)[O-])c(Nc3ccc(F)cc3)n2)C[C@@H](C)O1. The summed E-state index contributed by atoms with van der Waals surface area (Å²) in [6, 6.07) is 5.39. The van der Waals surface area contributed by atoms with Crippen LogP contribution in [0.15, 0.2) is 24.3 Å². The fraction of sp³-hybridized carbons (Fsp3) is 0.375. The molecule has 1 aliphatic heterocycles. The lowest BCUT2D eigenvalue weighted by Crippen LogP contribution is -2.46. The summed E-state index contributed by atoms with van der Waals surface area (Å²) in [5.41, 5.74) is 5.85. The predicted octanol–water partition coefficient (Wildman–Crippen LogP) is 2.46. The van der Waals surface area contributed by atoms with Crippen LogP contribution in [0.4, 0.5) is 33.3 Å². The quantitative estimate of drug-likeness (QED) is 0.629. The van der Waals surface area contributed by atoms with Crippen molar-refractivity contribution in [3.63, 3.8) is 0 Å². The Morgan fingerprint density at radius 3 is 2.46 bits per heavy atom. The smallest absolute Gasteiger partial charge is 0.353 e. The number of morpholine rings is 1. The summed E-state index contributed by atoms with van der Waals surface area (Å²) in [6.07, 6.45) is -0.0699. The first-order chi connectivity index (χ1) is 12.3. The first kappa shape index (κ1) is 17.8. The lowest BCUT2D eigenvalue weighted by Gasteiger charge is -2.35. The number of nitro groups is 1. The van der Waals surface area contributed by atoms with E-state index in [1.807, 2.05) is 18.7 Å². The molecule has 1 aliphatic rings. The van der Waals surface area contributed by atoms with Gasteiger partial charge in [-0.2, -0.15) is 9.97 Å². The van der Waals surface area contributed by atoms with Gasteiger partial charge in [0.2, 0.25) is 17.6 Å². The van der Waals surface area contributed by atoms with Crippen LogP contribution in [0, 0.1) is 15.9 Å². The molecule has 138 valence electrons. The maximum Gasteiger partial charge on any atom is 0.353 e. The largest absolute Gasteiger partial charge is 0.378 e. The van der Waals surface area contributed by atoms with Gasteiger partial charge in [-0.3, -0.25) is 10.1 Å². The second-order valence-corrected chi connectivity index (χ2v) is 6.16. The lowest BCUT2D eigenvalue weighted by atomic mass is 10.2. The summed E-state index contributed by atoms with van der Waals surface area (Å²) in [6.45, 7) is 4.93. The number of aromatic nitrogens is 2. The first-order valence-corrected chi connectivity index (χ1v) is 8.08. The highest BCUT2D eigenvalue weighted by molar-refractivity contribution is 5.74. The third kappa shape index (κ3) is 3.80. The van der Waals surface area contributed by atoms with E-state index in [4.69, 9.17) is 10.5 Å². The Kier molecular flexibility index (Phi) is 4.85. The highest BCUT2D eigenvalue weighted by Gasteiger charge is 2.29. The average molecular weight is 362 g/mol. The fourth-order valence-corrected chi connectivity index (χ4v) is 2.88. The number of benzene rings is 1. The Labute approximate surface area is 149 Å². The van der Waals surface area contributed by atoms with Crippen molar-refractivity contribution in [3.8, 4) is 0 Å². The summed E-state index contributed by atoms with van der Waals surface area (Å²) in [7, 11) is 0. The summed E-state index contributed by atoms with van der Waals surface area (Å²) in [5.74, 6) is -0.420. The molecule has 2 atom stereocenters. The van der Waals surface area contributed by atoms with E-state index >= 15 is 0 Å². The molecule has 0 saturated carbocycles. The number of nitrogens with one attached hydrogen (secondary N) is 1. The minimum atomic E-state index is -0.643. The van der Waals surface area contributed by atoms with Crippen molar-refractivity contribution in [1.82, 2.24) is 9.97 Å². The molecule has 3 rings (SSSR count). The number of nitrogen functional groups attached to an aromatic ring is 1. The topological polar surface area (TPSA) is 119 Å². The summed E-state index contributed by atoms with van der Waals surface area (Å²) >= 11 is 0. The maximum absolute atomic E-state index is 13.1. The Morgan fingerprint density at radius 1 is 1.27 bits per heavy atom. The van der Waals surface area contributed by atoms with Gasteiger partial charge in [0.05, 0.1) is 17.1 Å². The Morgan fingerprint density at radius 2 is 1.88 bits per heavy atom. The van der Waals surface area contributed by atoms with E-state index in [-0.39, 0.29) is 29.8 Å². The molecule has 0 spiro atoms. The van der Waals surface area contributed by atoms with E-state index in [2.05, 4.69) is 15.3 Å². The number of anilines is 4. The molecule has 1 saturated heterocycles. The van der Waals surface area contributed by atoms with Gasteiger partial charge in [0.1, 0.15) is 5.82 Å². The van der Waals surface area contributed by atoms with Crippen molar-refractivity contribution in [3.05, 3.63) is 40.2 Å². The van der Waals surface area contributed by atoms with Crippen molar-refractivity contribution < 1.29 is 14.1 Å². The molecule has 0 unspecified atom stereocenters. The van der Waals surface area contributed by atoms with Gasteiger partial charge in [-0.1, -0.05) is 0 Å². The highest BCUT2D eigenvalue weighted by Crippen LogP contribution is 2.32. The van der Waals surface area contributed by atoms with Crippen molar-refractivity contribution in [1.29, 1.82) is 0 Å². The van der Waals surface area contributed by atoms with Crippen LogP contribution in [0.5, 0.6) is 0 Å². The monoisotopic (exact) mass is 362 g/mol. The van der Waals surface area contributed by atoms with Crippen LogP contribution in [0.3, 0.4) is 0 Å². The van der Waals surface area contributed by atoms with Gasteiger partial charge in [0, 0.05) is 18.8 Å². The molecule has 1 aromatic heterocycles. The normalized spacial score (nSPS) is 20.0. The van der Waals surface area contributed by atoms with Crippen molar-refractivity contribution in [2.24, 2.45) is 0 Å². The number of rotatable bonds is 4. The third-order valence-corrected chi connectivity index (χ3v) is 3.89. The predicted molar refractivity (Wildman–Crippen MR) is 95.0 cm³/mol. The number of halogens is 1. The molecule has 0 radical (unpaired) electrons. The average Bonchev–Trinajstić information content (AvgIpc) is 2.55. The number of nitrogens with zero attached hydrogens (tertiary/aromatic N) is 4. The first-order valence-electron chi connectivity index (χ1n) is 8.08. The third-order valence-electron chi connectivity index (χ3n) is 3.89. The van der Waals surface area contributed by atoms with Crippen molar-refractivity contribution in [2.45, 2.75) is 26.1 Å². The van der Waals surface area contributed by atoms with Gasteiger partial charge in [-0.15, -0.1) is 0 Å². The van der Waals surface area contributed by atoms with E-state index in [0.29, 0.717) is 18.8 Å². The summed E-state index contributed by atoms with van der Waals surface area (Å²) in [4.78, 5) is 21.0. The molecule has 0 aliphatic carbocycles. The van der Waals surface area contributed by atoms with E-state index in [1.165, 1.54) is 24.3 Å². The summed E-state index contributed by atoms with van der Waals surface area (Å²) in [5, 5.41) is 14.2. The number of nitrogens with two attached hydrogens (primary N) is 1. The van der Waals surface area contributed by atoms with Gasteiger partial charge in [-0.05, 0) is 38.1 Å². The van der Waals surface area contributed by atoms with Crippen molar-refractivity contribution in [2.75, 3.05) is 29.0 Å². The zero-order valence-electron chi connectivity index (χ0n) is 14.3. The van der Waals surface area contributed by atoms with E-state index in [0.717, 1.165) is 0 Å². The van der Waals surface area contributed by atoms with Gasteiger partial charge in [0.25, 0.3) is 0 Å². The second-order valence-electron chi connectivity index (χ2n) is 6.16. The molecular formula is C16H19FN6O3. The number of ether oxygens (including phenoxy) is 1. The van der Waals surface area contributed by atoms with E-state index in [1.54, 1.807) is 0 Å². The molecule has 26 heavy (non-hydrogen) atoms. The maximum atomic E-state index is 13.1. The Bertz CT molecular complexity index is 806. The van der Waals surface area contributed by atoms with Crippen LogP contribution in [0.2, 0.25) is 0 Å². The van der Waals surface area contributed by atoms with Gasteiger partial charge in [0.15, 0.2) is 0 Å². The molecule has 2 aromatic rings. The van der Waals surface area contributed by atoms with E-state index < -0.39 is 16.4 Å². The van der Waals surface area contributed by atoms with Gasteiger partial charge in [-0.25, -0.2) is 4.39 Å². The van der Waals surface area contributed by atoms with Crippen LogP contribution >= 0.6 is 0 Å². The molecule has 1 fully saturated rings. The Hall–Kier alpha value is -3.01. The van der Waals surface area contributed by atoms with Crippen LogP contribution in [-0.4, -0.2) is 40.2 Å². The Balaban J connectivity index is 1.99. The minimum Gasteiger partial charge on any atom is -0.378 e. The second kappa shape index (κ2) is 7.08. The van der Waals surface area contributed by atoms with Crippen LogP contribution in [-0.2, 0) is 4.74 Å². The molecule has 2 heterocycles. The van der Waals surface area contributed by atoms with Gasteiger partial charge >= 0.3 is 5.69 Å². The molecule has 9 nitrogen and oxygen atoms in total. The molecule has 1 aromatic carbocycles. The highest BCUT2D eigenvalue weighted by atomic mass is 19.1. The molecular weight excluding hydrogens is 343 g/mol.